The Bertz CT molecular complexity index is 674. The van der Waals surface area contributed by atoms with Gasteiger partial charge in [0.25, 0.3) is 0 Å². The highest BCUT2D eigenvalue weighted by atomic mass is 16.5. The van der Waals surface area contributed by atoms with Gasteiger partial charge in [0, 0.05) is 57.3 Å². The summed E-state index contributed by atoms with van der Waals surface area (Å²) in [6.07, 6.45) is 6.16. The van der Waals surface area contributed by atoms with E-state index >= 15 is 0 Å². The van der Waals surface area contributed by atoms with Crippen LogP contribution in [-0.4, -0.2) is 67.2 Å². The van der Waals surface area contributed by atoms with Crippen LogP contribution in [0.4, 0.5) is 0 Å². The molecule has 29 heavy (non-hydrogen) atoms. The van der Waals surface area contributed by atoms with Gasteiger partial charge in [0.15, 0.2) is 0 Å². The van der Waals surface area contributed by atoms with Crippen molar-refractivity contribution in [1.29, 1.82) is 0 Å². The minimum Gasteiger partial charge on any atom is -0.490 e. The second-order valence-electron chi connectivity index (χ2n) is 9.28. The van der Waals surface area contributed by atoms with E-state index in [0.717, 1.165) is 77.2 Å². The van der Waals surface area contributed by atoms with Crippen LogP contribution in [0.25, 0.3) is 0 Å². The standard InChI is InChI=1S/C24H36N2O3/c1-19(2)25-14-9-22(10-15-25)29-21-7-5-20(6-8-21)24(11-16-28-17-12-24)18-26-13-3-4-23(26)27/h5-8,19,22H,3-4,9-18H2,1-2H3. The molecule has 1 aromatic carbocycles. The van der Waals surface area contributed by atoms with E-state index in [1.165, 1.54) is 5.56 Å². The number of hydrogen-bond donors (Lipinski definition) is 0. The first-order valence-electron chi connectivity index (χ1n) is 11.4. The van der Waals surface area contributed by atoms with Crippen molar-refractivity contribution in [3.63, 3.8) is 0 Å². The second-order valence-corrected chi connectivity index (χ2v) is 9.28. The molecule has 160 valence electrons. The van der Waals surface area contributed by atoms with E-state index in [4.69, 9.17) is 9.47 Å². The molecule has 4 rings (SSSR count). The van der Waals surface area contributed by atoms with Crippen LogP contribution in [0.3, 0.4) is 0 Å². The van der Waals surface area contributed by atoms with Crippen molar-refractivity contribution in [1.82, 2.24) is 9.80 Å². The van der Waals surface area contributed by atoms with Gasteiger partial charge in [-0.15, -0.1) is 0 Å². The molecule has 3 saturated heterocycles. The topological polar surface area (TPSA) is 42.0 Å². The van der Waals surface area contributed by atoms with Crippen molar-refractivity contribution < 1.29 is 14.3 Å². The van der Waals surface area contributed by atoms with Crippen molar-refractivity contribution in [2.75, 3.05) is 39.4 Å². The fourth-order valence-electron chi connectivity index (χ4n) is 5.13. The summed E-state index contributed by atoms with van der Waals surface area (Å²) in [5, 5.41) is 0. The first-order chi connectivity index (χ1) is 14.1. The van der Waals surface area contributed by atoms with Gasteiger partial charge >= 0.3 is 0 Å². The van der Waals surface area contributed by atoms with Crippen LogP contribution >= 0.6 is 0 Å². The first-order valence-corrected chi connectivity index (χ1v) is 11.4. The molecule has 3 aliphatic rings. The van der Waals surface area contributed by atoms with Crippen molar-refractivity contribution >= 4 is 5.91 Å². The van der Waals surface area contributed by atoms with Gasteiger partial charge in [0.05, 0.1) is 0 Å². The van der Waals surface area contributed by atoms with E-state index in [0.29, 0.717) is 24.5 Å². The lowest BCUT2D eigenvalue weighted by Crippen LogP contribution is -2.45. The second kappa shape index (κ2) is 9.05. The molecule has 0 saturated carbocycles. The number of likely N-dealkylation sites (tertiary alicyclic amines) is 2. The molecule has 0 N–H and O–H groups in total. The van der Waals surface area contributed by atoms with Crippen LogP contribution in [-0.2, 0) is 14.9 Å². The van der Waals surface area contributed by atoms with Gasteiger partial charge in [-0.2, -0.15) is 0 Å². The highest BCUT2D eigenvalue weighted by molar-refractivity contribution is 5.78. The van der Waals surface area contributed by atoms with Crippen molar-refractivity contribution in [3.05, 3.63) is 29.8 Å². The molecule has 5 heteroatoms. The summed E-state index contributed by atoms with van der Waals surface area (Å²) in [6, 6.07) is 9.34. The van der Waals surface area contributed by atoms with Gasteiger partial charge < -0.3 is 19.3 Å². The maximum Gasteiger partial charge on any atom is 0.222 e. The Balaban J connectivity index is 1.41. The number of piperidine rings is 1. The van der Waals surface area contributed by atoms with Gasteiger partial charge in [-0.05, 0) is 63.6 Å². The third-order valence-corrected chi connectivity index (χ3v) is 7.09. The maximum absolute atomic E-state index is 12.2. The smallest absolute Gasteiger partial charge is 0.222 e. The minimum absolute atomic E-state index is 0.0133. The van der Waals surface area contributed by atoms with E-state index in [1.807, 2.05) is 0 Å². The SMILES string of the molecule is CC(C)N1CCC(Oc2ccc(C3(CN4CCCC4=O)CCOCC3)cc2)CC1. The first kappa shape index (κ1) is 20.7. The van der Waals surface area contributed by atoms with Crippen LogP contribution in [0.1, 0.15) is 57.9 Å². The molecule has 3 fully saturated rings. The molecular weight excluding hydrogens is 364 g/mol. The molecule has 5 nitrogen and oxygen atoms in total. The number of hydrogen-bond acceptors (Lipinski definition) is 4. The lowest BCUT2D eigenvalue weighted by molar-refractivity contribution is -0.129. The van der Waals surface area contributed by atoms with E-state index in [9.17, 15) is 4.79 Å². The zero-order valence-corrected chi connectivity index (χ0v) is 18.1. The predicted molar refractivity (Wildman–Crippen MR) is 114 cm³/mol. The van der Waals surface area contributed by atoms with Crippen LogP contribution in [0.15, 0.2) is 24.3 Å². The van der Waals surface area contributed by atoms with Crippen LogP contribution < -0.4 is 4.74 Å². The van der Waals surface area contributed by atoms with E-state index in [2.05, 4.69) is 47.9 Å². The largest absolute Gasteiger partial charge is 0.490 e. The summed E-state index contributed by atoms with van der Waals surface area (Å²) in [4.78, 5) is 16.8. The third kappa shape index (κ3) is 4.77. The molecular formula is C24H36N2O3. The molecule has 0 aromatic heterocycles. The zero-order chi connectivity index (χ0) is 20.3. The Labute approximate surface area is 175 Å². The fourth-order valence-corrected chi connectivity index (χ4v) is 5.13. The quantitative estimate of drug-likeness (QED) is 0.732. The zero-order valence-electron chi connectivity index (χ0n) is 18.1. The number of rotatable bonds is 6. The molecule has 1 amide bonds. The van der Waals surface area contributed by atoms with Crippen LogP contribution in [0.5, 0.6) is 5.75 Å². The van der Waals surface area contributed by atoms with Crippen molar-refractivity contribution in [3.8, 4) is 5.75 Å². The Morgan fingerprint density at radius 3 is 2.38 bits per heavy atom. The maximum atomic E-state index is 12.2. The number of carbonyl (C=O) groups excluding carboxylic acids is 1. The Hall–Kier alpha value is -1.59. The summed E-state index contributed by atoms with van der Waals surface area (Å²) in [5.41, 5.74) is 1.34. The molecule has 0 unspecified atom stereocenters. The molecule has 0 aliphatic carbocycles. The van der Waals surface area contributed by atoms with Gasteiger partial charge in [-0.3, -0.25) is 4.79 Å². The summed E-state index contributed by atoms with van der Waals surface area (Å²) in [5.74, 6) is 1.28. The Morgan fingerprint density at radius 1 is 1.10 bits per heavy atom. The number of amides is 1. The molecule has 1 aromatic rings. The average molecular weight is 401 g/mol. The normalized spacial score (nSPS) is 23.7. The Kier molecular flexibility index (Phi) is 6.45. The van der Waals surface area contributed by atoms with Gasteiger partial charge in [-0.1, -0.05) is 12.1 Å². The monoisotopic (exact) mass is 400 g/mol. The van der Waals surface area contributed by atoms with Crippen molar-refractivity contribution in [2.45, 2.75) is 69.9 Å². The number of carbonyl (C=O) groups is 1. The van der Waals surface area contributed by atoms with E-state index in [-0.39, 0.29) is 5.41 Å². The highest BCUT2D eigenvalue weighted by Gasteiger charge is 2.38. The van der Waals surface area contributed by atoms with Gasteiger partial charge in [0.2, 0.25) is 5.91 Å². The molecule has 0 atom stereocenters. The third-order valence-electron chi connectivity index (χ3n) is 7.09. The van der Waals surface area contributed by atoms with Gasteiger partial charge in [-0.25, -0.2) is 0 Å². The number of benzene rings is 1. The molecule has 3 aliphatic heterocycles. The van der Waals surface area contributed by atoms with Gasteiger partial charge in [0.1, 0.15) is 11.9 Å². The summed E-state index contributed by atoms with van der Waals surface area (Å²) in [7, 11) is 0. The molecule has 0 radical (unpaired) electrons. The van der Waals surface area contributed by atoms with E-state index < -0.39 is 0 Å². The lowest BCUT2D eigenvalue weighted by atomic mass is 9.73. The Morgan fingerprint density at radius 2 is 1.79 bits per heavy atom. The van der Waals surface area contributed by atoms with E-state index in [1.54, 1.807) is 0 Å². The van der Waals surface area contributed by atoms with Crippen LogP contribution in [0, 0.1) is 0 Å². The number of ether oxygens (including phenoxy) is 2. The van der Waals surface area contributed by atoms with Crippen molar-refractivity contribution in [2.24, 2.45) is 0 Å². The lowest BCUT2D eigenvalue weighted by Gasteiger charge is -2.40. The van der Waals surface area contributed by atoms with Crippen LogP contribution in [0.2, 0.25) is 0 Å². The summed E-state index contributed by atoms with van der Waals surface area (Å²) < 4.78 is 11.9. The fraction of sp³-hybridized carbons (Fsp3) is 0.708. The molecule has 0 spiro atoms. The predicted octanol–water partition coefficient (Wildman–Crippen LogP) is 3.61. The molecule has 0 bridgehead atoms. The number of nitrogens with zero attached hydrogens (tertiary/aromatic N) is 2. The minimum atomic E-state index is 0.0133. The summed E-state index contributed by atoms with van der Waals surface area (Å²) >= 11 is 0. The summed E-state index contributed by atoms with van der Waals surface area (Å²) in [6.45, 7) is 10.0. The highest BCUT2D eigenvalue weighted by Crippen LogP contribution is 2.37. The average Bonchev–Trinajstić information content (AvgIpc) is 3.14. The molecule has 3 heterocycles.